The van der Waals surface area contributed by atoms with Gasteiger partial charge < -0.3 is 4.90 Å². The third-order valence-electron chi connectivity index (χ3n) is 4.79. The van der Waals surface area contributed by atoms with Gasteiger partial charge in [0.2, 0.25) is 0 Å². The molecule has 0 amide bonds. The van der Waals surface area contributed by atoms with Crippen molar-refractivity contribution in [2.75, 3.05) is 36.8 Å². The summed E-state index contributed by atoms with van der Waals surface area (Å²) in [7, 11) is 0. The number of halogens is 6. The molecule has 2 nitrogen and oxygen atoms in total. The average Bonchev–Trinajstić information content (AvgIpc) is 2.64. The summed E-state index contributed by atoms with van der Waals surface area (Å²) < 4.78 is 52.2. The fourth-order valence-corrected chi connectivity index (χ4v) is 4.57. The van der Waals surface area contributed by atoms with Crippen LogP contribution in [-0.4, -0.2) is 43.0 Å². The van der Waals surface area contributed by atoms with E-state index in [1.807, 2.05) is 4.90 Å². The van der Waals surface area contributed by atoms with Gasteiger partial charge in [0.15, 0.2) is 0 Å². The molecule has 29 heavy (non-hydrogen) atoms. The minimum absolute atomic E-state index is 0.343. The first kappa shape index (κ1) is 22.5. The molecular weight excluding hydrogens is 447 g/mol. The van der Waals surface area contributed by atoms with E-state index in [1.165, 1.54) is 12.1 Å². The lowest BCUT2D eigenvalue weighted by Crippen LogP contribution is -2.46. The van der Waals surface area contributed by atoms with Crippen molar-refractivity contribution in [3.8, 4) is 0 Å². The van der Waals surface area contributed by atoms with Gasteiger partial charge in [0.25, 0.3) is 0 Å². The molecule has 0 saturated carbocycles. The molecule has 0 unspecified atom stereocenters. The highest BCUT2D eigenvalue weighted by atomic mass is 35.5. The summed E-state index contributed by atoms with van der Waals surface area (Å²) in [6.45, 7) is 4.67. The van der Waals surface area contributed by atoms with Gasteiger partial charge in [-0.2, -0.15) is 13.2 Å². The van der Waals surface area contributed by atoms with Crippen LogP contribution in [0.4, 0.5) is 23.2 Å². The van der Waals surface area contributed by atoms with Crippen molar-refractivity contribution in [3.63, 3.8) is 0 Å². The van der Waals surface area contributed by atoms with Gasteiger partial charge in [0.1, 0.15) is 5.82 Å². The summed E-state index contributed by atoms with van der Waals surface area (Å²) in [5.74, 6) is -1.41. The highest BCUT2D eigenvalue weighted by Crippen LogP contribution is 2.34. The van der Waals surface area contributed by atoms with Gasteiger partial charge in [-0.15, -0.1) is 11.8 Å². The molecule has 1 aliphatic rings. The van der Waals surface area contributed by atoms with Crippen LogP contribution in [0.3, 0.4) is 0 Å². The molecule has 1 saturated heterocycles. The van der Waals surface area contributed by atoms with Crippen LogP contribution in [0.2, 0.25) is 10.0 Å². The second-order valence-electron chi connectivity index (χ2n) is 6.94. The van der Waals surface area contributed by atoms with Crippen LogP contribution < -0.4 is 4.90 Å². The molecule has 1 heterocycles. The SMILES string of the molecule is Cc1cc(F)c(N2CCN(Cc3c(Cl)cccc3Cl)CC2)cc1SCC(F)(F)F. The topological polar surface area (TPSA) is 6.48 Å². The van der Waals surface area contributed by atoms with Crippen LogP contribution in [0.15, 0.2) is 35.2 Å². The quantitative estimate of drug-likeness (QED) is 0.370. The van der Waals surface area contributed by atoms with E-state index in [2.05, 4.69) is 4.90 Å². The Bertz CT molecular complexity index is 848. The summed E-state index contributed by atoms with van der Waals surface area (Å²) in [5.41, 5.74) is 1.71. The lowest BCUT2D eigenvalue weighted by atomic mass is 10.1. The molecule has 0 radical (unpaired) electrons. The second-order valence-corrected chi connectivity index (χ2v) is 8.77. The Kier molecular flexibility index (Phi) is 7.25. The Labute approximate surface area is 181 Å². The van der Waals surface area contributed by atoms with Crippen molar-refractivity contribution < 1.29 is 17.6 Å². The van der Waals surface area contributed by atoms with Crippen LogP contribution in [0.25, 0.3) is 0 Å². The summed E-state index contributed by atoms with van der Waals surface area (Å²) in [6, 6.07) is 8.22. The highest BCUT2D eigenvalue weighted by molar-refractivity contribution is 7.99. The lowest BCUT2D eigenvalue weighted by Gasteiger charge is -2.36. The number of nitrogens with zero attached hydrogens (tertiary/aromatic N) is 2. The zero-order valence-corrected chi connectivity index (χ0v) is 18.0. The van der Waals surface area contributed by atoms with E-state index in [-0.39, 0.29) is 0 Å². The number of piperazine rings is 1. The molecule has 0 aliphatic carbocycles. The van der Waals surface area contributed by atoms with E-state index < -0.39 is 17.7 Å². The molecule has 0 atom stereocenters. The third kappa shape index (κ3) is 5.94. The molecule has 0 N–H and O–H groups in total. The first-order valence-corrected chi connectivity index (χ1v) is 10.8. The summed E-state index contributed by atoms with van der Waals surface area (Å²) in [4.78, 5) is 4.50. The third-order valence-corrected chi connectivity index (χ3v) is 6.72. The number of alkyl halides is 3. The maximum atomic E-state index is 14.5. The van der Waals surface area contributed by atoms with E-state index >= 15 is 0 Å². The number of rotatable bonds is 5. The molecule has 9 heteroatoms. The van der Waals surface area contributed by atoms with Gasteiger partial charge in [-0.05, 0) is 36.8 Å². The average molecular weight is 467 g/mol. The molecule has 1 fully saturated rings. The molecule has 0 bridgehead atoms. The summed E-state index contributed by atoms with van der Waals surface area (Å²) in [6.07, 6.45) is -4.27. The Balaban J connectivity index is 1.67. The maximum Gasteiger partial charge on any atom is 0.398 e. The number of hydrogen-bond donors (Lipinski definition) is 0. The van der Waals surface area contributed by atoms with E-state index in [4.69, 9.17) is 23.2 Å². The zero-order chi connectivity index (χ0) is 21.2. The standard InChI is InChI=1S/C20H20Cl2F4N2S/c1-13-9-17(23)18(10-19(13)29-12-20(24,25)26)28-7-5-27(6-8-28)11-14-15(21)3-2-4-16(14)22/h2-4,9-10H,5-8,11-12H2,1H3. The molecular formula is C20H20Cl2F4N2S. The minimum Gasteiger partial charge on any atom is -0.367 e. The van der Waals surface area contributed by atoms with Crippen LogP contribution >= 0.6 is 35.0 Å². The van der Waals surface area contributed by atoms with Gasteiger partial charge in [-0.25, -0.2) is 4.39 Å². The summed E-state index contributed by atoms with van der Waals surface area (Å²) in [5, 5.41) is 1.21. The van der Waals surface area contributed by atoms with Crippen molar-refractivity contribution >= 4 is 40.7 Å². The van der Waals surface area contributed by atoms with Crippen molar-refractivity contribution in [1.29, 1.82) is 0 Å². The Hall–Kier alpha value is -1.15. The molecule has 2 aromatic carbocycles. The van der Waals surface area contributed by atoms with E-state index in [9.17, 15) is 17.6 Å². The van der Waals surface area contributed by atoms with Crippen molar-refractivity contribution in [2.45, 2.75) is 24.5 Å². The van der Waals surface area contributed by atoms with Crippen LogP contribution in [0.5, 0.6) is 0 Å². The van der Waals surface area contributed by atoms with Gasteiger partial charge in [0, 0.05) is 53.2 Å². The highest BCUT2D eigenvalue weighted by Gasteiger charge is 2.28. The van der Waals surface area contributed by atoms with Crippen LogP contribution in [0, 0.1) is 12.7 Å². The number of hydrogen-bond acceptors (Lipinski definition) is 3. The first-order valence-electron chi connectivity index (χ1n) is 9.04. The fraction of sp³-hybridized carbons (Fsp3) is 0.400. The normalized spacial score (nSPS) is 15.8. The van der Waals surface area contributed by atoms with E-state index in [0.29, 0.717) is 70.7 Å². The van der Waals surface area contributed by atoms with Crippen molar-refractivity contribution in [3.05, 3.63) is 57.3 Å². The van der Waals surface area contributed by atoms with Crippen LogP contribution in [0.1, 0.15) is 11.1 Å². The Morgan fingerprint density at radius 1 is 1.03 bits per heavy atom. The largest absolute Gasteiger partial charge is 0.398 e. The number of anilines is 1. The Morgan fingerprint density at radius 2 is 1.66 bits per heavy atom. The number of thioether (sulfide) groups is 1. The molecule has 3 rings (SSSR count). The van der Waals surface area contributed by atoms with Gasteiger partial charge in [-0.1, -0.05) is 29.3 Å². The maximum absolute atomic E-state index is 14.5. The minimum atomic E-state index is -4.27. The molecule has 1 aliphatic heterocycles. The smallest absolute Gasteiger partial charge is 0.367 e. The van der Waals surface area contributed by atoms with Gasteiger partial charge in [0.05, 0.1) is 11.4 Å². The van der Waals surface area contributed by atoms with Crippen molar-refractivity contribution in [2.24, 2.45) is 0 Å². The van der Waals surface area contributed by atoms with E-state index in [1.54, 1.807) is 25.1 Å². The summed E-state index contributed by atoms with van der Waals surface area (Å²) >= 11 is 13.2. The number of aryl methyl sites for hydroxylation is 1. The number of benzene rings is 2. The second kappa shape index (κ2) is 9.33. The molecule has 158 valence electrons. The van der Waals surface area contributed by atoms with E-state index in [0.717, 1.165) is 5.56 Å². The lowest BCUT2D eigenvalue weighted by molar-refractivity contribution is -0.105. The zero-order valence-electron chi connectivity index (χ0n) is 15.7. The predicted octanol–water partition coefficient (Wildman–Crippen LogP) is 6.42. The van der Waals surface area contributed by atoms with Crippen LogP contribution in [-0.2, 0) is 6.54 Å². The molecule has 0 aromatic heterocycles. The van der Waals surface area contributed by atoms with Gasteiger partial charge >= 0.3 is 6.18 Å². The van der Waals surface area contributed by atoms with Crippen molar-refractivity contribution in [1.82, 2.24) is 4.90 Å². The Morgan fingerprint density at radius 3 is 2.24 bits per heavy atom. The molecule has 2 aromatic rings. The monoisotopic (exact) mass is 466 g/mol. The predicted molar refractivity (Wildman–Crippen MR) is 112 cm³/mol. The fourth-order valence-electron chi connectivity index (χ4n) is 3.25. The van der Waals surface area contributed by atoms with Gasteiger partial charge in [-0.3, -0.25) is 4.90 Å². The first-order chi connectivity index (χ1) is 13.6. The molecule has 0 spiro atoms.